The summed E-state index contributed by atoms with van der Waals surface area (Å²) in [6, 6.07) is 5.72. The molecule has 32 heavy (non-hydrogen) atoms. The van der Waals surface area contributed by atoms with E-state index in [1.54, 1.807) is 22.6 Å². The average molecular weight is 429 g/mol. The summed E-state index contributed by atoms with van der Waals surface area (Å²) >= 11 is 0. The predicted octanol–water partition coefficient (Wildman–Crippen LogP) is 3.42. The second-order valence-corrected chi connectivity index (χ2v) is 7.92. The Morgan fingerprint density at radius 3 is 2.59 bits per heavy atom. The molecule has 0 saturated heterocycles. The van der Waals surface area contributed by atoms with Crippen molar-refractivity contribution in [1.29, 1.82) is 5.41 Å². The van der Waals surface area contributed by atoms with Crippen molar-refractivity contribution < 1.29 is 9.84 Å². The third-order valence-electron chi connectivity index (χ3n) is 5.76. The first kappa shape index (κ1) is 19.8. The molecule has 5 rings (SSSR count). The number of benzene rings is 1. The number of nitrogens with zero attached hydrogens (tertiary/aromatic N) is 5. The van der Waals surface area contributed by atoms with Gasteiger partial charge in [0.25, 0.3) is 0 Å². The summed E-state index contributed by atoms with van der Waals surface area (Å²) in [7, 11) is 3.45. The number of hydrogen-bond donors (Lipinski definition) is 3. The molecule has 1 aromatic carbocycles. The molecule has 0 fully saturated rings. The Bertz CT molecular complexity index is 1590. The molecule has 0 radical (unpaired) electrons. The molecule has 0 aliphatic carbocycles. The van der Waals surface area contributed by atoms with Crippen LogP contribution < -0.4 is 10.2 Å². The lowest BCUT2D eigenvalue weighted by Gasteiger charge is -2.15. The minimum Gasteiger partial charge on any atom is -0.496 e. The molecule has 5 aromatic rings. The number of aromatic amines is 1. The topological polar surface area (TPSA) is 118 Å². The van der Waals surface area contributed by atoms with E-state index < -0.39 is 0 Å². The van der Waals surface area contributed by atoms with Crippen molar-refractivity contribution in [3.63, 3.8) is 0 Å². The lowest BCUT2D eigenvalue weighted by molar-refractivity contribution is 0.411. The monoisotopic (exact) mass is 429 g/mol. The zero-order valence-corrected chi connectivity index (χ0v) is 18.5. The highest BCUT2D eigenvalue weighted by atomic mass is 16.5. The molecular weight excluding hydrogens is 406 g/mol. The number of rotatable bonds is 3. The van der Waals surface area contributed by atoms with E-state index in [0.29, 0.717) is 27.9 Å². The molecule has 4 aromatic heterocycles. The van der Waals surface area contributed by atoms with Crippen molar-refractivity contribution in [2.75, 3.05) is 7.11 Å². The highest BCUT2D eigenvalue weighted by Crippen LogP contribution is 2.34. The van der Waals surface area contributed by atoms with Gasteiger partial charge >= 0.3 is 0 Å². The van der Waals surface area contributed by atoms with Crippen LogP contribution in [0.2, 0.25) is 0 Å². The Morgan fingerprint density at radius 1 is 1.12 bits per heavy atom. The van der Waals surface area contributed by atoms with Crippen molar-refractivity contribution in [3.8, 4) is 28.6 Å². The zero-order valence-electron chi connectivity index (χ0n) is 18.5. The van der Waals surface area contributed by atoms with Gasteiger partial charge in [-0.3, -0.25) is 14.7 Å². The van der Waals surface area contributed by atoms with Crippen molar-refractivity contribution in [3.05, 3.63) is 53.0 Å². The average Bonchev–Trinajstić information content (AvgIpc) is 3.24. The first-order valence-corrected chi connectivity index (χ1v) is 10.1. The van der Waals surface area contributed by atoms with Crippen LogP contribution in [0, 0.1) is 26.2 Å². The van der Waals surface area contributed by atoms with Gasteiger partial charge in [-0.15, -0.1) is 0 Å². The maximum atomic E-state index is 11.0. The van der Waals surface area contributed by atoms with Crippen LogP contribution in [-0.2, 0) is 7.05 Å². The summed E-state index contributed by atoms with van der Waals surface area (Å²) in [4.78, 5) is 12.5. The molecule has 0 bridgehead atoms. The summed E-state index contributed by atoms with van der Waals surface area (Å²) in [5, 5.41) is 25.2. The van der Waals surface area contributed by atoms with Gasteiger partial charge in [0, 0.05) is 24.4 Å². The second-order valence-electron chi connectivity index (χ2n) is 7.92. The molecular formula is C23H23N7O2. The lowest BCUT2D eigenvalue weighted by atomic mass is 10.1. The molecule has 4 heterocycles. The second kappa shape index (κ2) is 6.94. The van der Waals surface area contributed by atoms with Gasteiger partial charge in [-0.2, -0.15) is 5.10 Å². The van der Waals surface area contributed by atoms with Gasteiger partial charge in [0.15, 0.2) is 5.65 Å². The number of H-pyrrole nitrogens is 1. The van der Waals surface area contributed by atoms with E-state index in [2.05, 4.69) is 15.1 Å². The number of aromatic nitrogens is 6. The zero-order chi connectivity index (χ0) is 22.7. The van der Waals surface area contributed by atoms with E-state index in [1.165, 1.54) is 0 Å². The number of nitrogens with one attached hydrogen (secondary N) is 2. The molecule has 0 spiro atoms. The fraction of sp³-hybridized carbons (Fsp3) is 0.217. The van der Waals surface area contributed by atoms with Crippen LogP contribution in [0.5, 0.6) is 11.6 Å². The van der Waals surface area contributed by atoms with E-state index >= 15 is 0 Å². The van der Waals surface area contributed by atoms with Crippen molar-refractivity contribution >= 4 is 21.9 Å². The minimum absolute atomic E-state index is 0.106. The van der Waals surface area contributed by atoms with Crippen LogP contribution >= 0.6 is 0 Å². The molecule has 0 aliphatic heterocycles. The predicted molar refractivity (Wildman–Crippen MR) is 121 cm³/mol. The first-order chi connectivity index (χ1) is 15.3. The quantitative estimate of drug-likeness (QED) is 0.406. The number of aromatic hydroxyl groups is 1. The molecule has 0 aliphatic rings. The number of aryl methyl sites for hydroxylation is 3. The molecule has 0 unspecified atom stereocenters. The largest absolute Gasteiger partial charge is 0.496 e. The number of hydrogen-bond acceptors (Lipinski definition) is 6. The molecule has 0 saturated carbocycles. The number of methoxy groups -OCH3 is 1. The van der Waals surface area contributed by atoms with Crippen LogP contribution in [0.1, 0.15) is 17.0 Å². The normalized spacial score (nSPS) is 11.5. The Balaban J connectivity index is 1.96. The van der Waals surface area contributed by atoms with E-state index in [-0.39, 0.29) is 11.4 Å². The Labute approximate surface area is 183 Å². The first-order valence-electron chi connectivity index (χ1n) is 10.1. The third kappa shape index (κ3) is 2.78. The highest BCUT2D eigenvalue weighted by molar-refractivity contribution is 6.09. The maximum Gasteiger partial charge on any atom is 0.223 e. The Morgan fingerprint density at radius 2 is 1.91 bits per heavy atom. The van der Waals surface area contributed by atoms with E-state index in [0.717, 1.165) is 33.6 Å². The Kier molecular flexibility index (Phi) is 4.30. The maximum absolute atomic E-state index is 11.0. The lowest BCUT2D eigenvalue weighted by Crippen LogP contribution is -2.16. The van der Waals surface area contributed by atoms with Crippen molar-refractivity contribution in [1.82, 2.24) is 29.3 Å². The molecule has 9 nitrogen and oxygen atoms in total. The summed E-state index contributed by atoms with van der Waals surface area (Å²) in [6.45, 7) is 5.80. The van der Waals surface area contributed by atoms with Crippen molar-refractivity contribution in [2.45, 2.75) is 20.8 Å². The standard InChI is InChI=1S/C23H23N7O2/c1-11-6-7-17(32-5)12(2)20(11)30-21(24)19-18-16(26-13(3)27-22(18)30)8-15(28-23(19)31)14-9-25-29(4)10-14/h6-10,24,31H,1-5H3,(H,26,27). The van der Waals surface area contributed by atoms with Gasteiger partial charge in [-0.1, -0.05) is 6.07 Å². The summed E-state index contributed by atoms with van der Waals surface area (Å²) in [5.74, 6) is 1.17. The smallest absolute Gasteiger partial charge is 0.223 e. The third-order valence-corrected chi connectivity index (χ3v) is 5.76. The summed E-state index contributed by atoms with van der Waals surface area (Å²) in [5.41, 5.74) is 5.37. The number of ether oxygens (including phenoxy) is 1. The van der Waals surface area contributed by atoms with E-state index in [1.807, 2.05) is 52.2 Å². The van der Waals surface area contributed by atoms with Gasteiger partial charge in [-0.25, -0.2) is 9.97 Å². The van der Waals surface area contributed by atoms with Crippen LogP contribution in [0.3, 0.4) is 0 Å². The minimum atomic E-state index is -0.232. The molecule has 162 valence electrons. The van der Waals surface area contributed by atoms with Crippen LogP contribution in [-0.4, -0.2) is 41.5 Å². The summed E-state index contributed by atoms with van der Waals surface area (Å²) in [6.07, 6.45) is 3.52. The van der Waals surface area contributed by atoms with Gasteiger partial charge in [0.1, 0.15) is 17.1 Å². The fourth-order valence-corrected chi connectivity index (χ4v) is 4.33. The van der Waals surface area contributed by atoms with E-state index in [9.17, 15) is 5.11 Å². The highest BCUT2D eigenvalue weighted by Gasteiger charge is 2.22. The SMILES string of the molecule is COc1ccc(C)c(-n2c(=N)c3c(O)nc(-c4cnn(C)c4)cc4[nH]c(C)nc2c43)c1C. The van der Waals surface area contributed by atoms with Crippen LogP contribution in [0.25, 0.3) is 38.9 Å². The van der Waals surface area contributed by atoms with Crippen LogP contribution in [0.4, 0.5) is 0 Å². The van der Waals surface area contributed by atoms with Gasteiger partial charge in [0.2, 0.25) is 5.88 Å². The fourth-order valence-electron chi connectivity index (χ4n) is 4.33. The molecule has 0 amide bonds. The molecule has 3 N–H and O–H groups in total. The van der Waals surface area contributed by atoms with E-state index in [4.69, 9.17) is 15.1 Å². The molecule has 0 atom stereocenters. The van der Waals surface area contributed by atoms with Gasteiger partial charge in [0.05, 0.1) is 41.0 Å². The summed E-state index contributed by atoms with van der Waals surface area (Å²) < 4.78 is 8.96. The molecule has 9 heteroatoms. The van der Waals surface area contributed by atoms with Gasteiger partial charge in [-0.05, 0) is 38.5 Å². The van der Waals surface area contributed by atoms with Crippen LogP contribution in [0.15, 0.2) is 30.6 Å². The van der Waals surface area contributed by atoms with Gasteiger partial charge < -0.3 is 14.8 Å². The van der Waals surface area contributed by atoms with Crippen molar-refractivity contribution in [2.24, 2.45) is 7.05 Å². The Hall–Kier alpha value is -4.14.